The third kappa shape index (κ3) is 3.25. The summed E-state index contributed by atoms with van der Waals surface area (Å²) in [6.45, 7) is 17.0. The quantitative estimate of drug-likeness (QED) is 0.446. The first-order valence-corrected chi connectivity index (χ1v) is 14.9. The molecule has 2 unspecified atom stereocenters. The summed E-state index contributed by atoms with van der Waals surface area (Å²) in [5.74, 6) is 1.76. The van der Waals surface area contributed by atoms with E-state index in [1.807, 2.05) is 6.20 Å². The predicted octanol–water partition coefficient (Wildman–Crippen LogP) is 7.02. The van der Waals surface area contributed by atoms with Gasteiger partial charge < -0.3 is 14.7 Å². The summed E-state index contributed by atoms with van der Waals surface area (Å²) in [5, 5.41) is 26.4. The Balaban J connectivity index is 1.44. The van der Waals surface area contributed by atoms with Crippen LogP contribution < -0.4 is 0 Å². The van der Waals surface area contributed by atoms with Crippen LogP contribution in [0.3, 0.4) is 0 Å². The van der Waals surface area contributed by atoms with Gasteiger partial charge in [-0.05, 0) is 109 Å². The van der Waals surface area contributed by atoms with E-state index in [4.69, 9.17) is 4.52 Å². The van der Waals surface area contributed by atoms with Crippen LogP contribution in [0, 0.1) is 50.7 Å². The van der Waals surface area contributed by atoms with Crippen molar-refractivity contribution in [2.24, 2.45) is 50.7 Å². The zero-order valence-corrected chi connectivity index (χ0v) is 24.2. The number of hydrogen-bond donors (Lipinski definition) is 2. The first-order valence-electron chi connectivity index (χ1n) is 14.9. The molecule has 4 fully saturated rings. The van der Waals surface area contributed by atoms with E-state index < -0.39 is 5.97 Å². The average molecular weight is 512 g/mol. The third-order valence-electron chi connectivity index (χ3n) is 13.9. The maximum atomic E-state index is 12.2. The number of carboxylic acids is 1. The first kappa shape index (κ1) is 25.9. The van der Waals surface area contributed by atoms with Gasteiger partial charge in [-0.25, -0.2) is 0 Å². The fourth-order valence-corrected chi connectivity index (χ4v) is 12.0. The van der Waals surface area contributed by atoms with Crippen LogP contribution in [-0.2, 0) is 16.6 Å². The Morgan fingerprint density at radius 2 is 1.70 bits per heavy atom. The van der Waals surface area contributed by atoms with E-state index >= 15 is 0 Å². The number of aromatic nitrogens is 1. The van der Waals surface area contributed by atoms with Crippen LogP contribution in [-0.4, -0.2) is 27.4 Å². The molecule has 0 saturated heterocycles. The normalized spacial score (nSPS) is 49.6. The van der Waals surface area contributed by atoms with Gasteiger partial charge in [-0.1, -0.05) is 53.6 Å². The monoisotopic (exact) mass is 511 g/mol. The van der Waals surface area contributed by atoms with Crippen LogP contribution in [0.4, 0.5) is 0 Å². The van der Waals surface area contributed by atoms with Crippen molar-refractivity contribution >= 4 is 5.97 Å². The lowest BCUT2D eigenvalue weighted by Gasteiger charge is -2.74. The van der Waals surface area contributed by atoms with E-state index in [0.29, 0.717) is 11.8 Å². The predicted molar refractivity (Wildman–Crippen MR) is 143 cm³/mol. The molecule has 5 aliphatic rings. The molecule has 4 saturated carbocycles. The summed E-state index contributed by atoms with van der Waals surface area (Å²) in [6, 6.07) is 0. The molecule has 0 spiro atoms. The van der Waals surface area contributed by atoms with E-state index in [2.05, 4.69) is 53.6 Å². The van der Waals surface area contributed by atoms with Crippen molar-refractivity contribution in [2.75, 3.05) is 0 Å². The van der Waals surface area contributed by atoms with E-state index in [1.54, 1.807) is 0 Å². The Hall–Kier alpha value is -1.36. The average Bonchev–Trinajstić information content (AvgIpc) is 3.25. The highest BCUT2D eigenvalue weighted by molar-refractivity contribution is 5.68. The first-order chi connectivity index (χ1) is 17.1. The molecule has 5 nitrogen and oxygen atoms in total. The maximum Gasteiger partial charge on any atom is 0.303 e. The minimum atomic E-state index is -0.662. The fourth-order valence-electron chi connectivity index (χ4n) is 12.0. The van der Waals surface area contributed by atoms with Gasteiger partial charge in [0.1, 0.15) is 5.76 Å². The van der Waals surface area contributed by atoms with Gasteiger partial charge in [-0.3, -0.25) is 4.79 Å². The Labute approximate surface area is 223 Å². The van der Waals surface area contributed by atoms with E-state index in [9.17, 15) is 15.0 Å². The smallest absolute Gasteiger partial charge is 0.303 e. The number of aliphatic hydroxyl groups is 1. The summed E-state index contributed by atoms with van der Waals surface area (Å²) >= 11 is 0. The van der Waals surface area contributed by atoms with Crippen molar-refractivity contribution < 1.29 is 19.5 Å². The van der Waals surface area contributed by atoms with Crippen molar-refractivity contribution in [2.45, 2.75) is 124 Å². The Morgan fingerprint density at radius 1 is 1.00 bits per heavy atom. The largest absolute Gasteiger partial charge is 0.481 e. The lowest BCUT2D eigenvalue weighted by molar-refractivity contribution is -0.267. The fraction of sp³-hybridized carbons (Fsp3) is 0.875. The molecule has 1 aromatic rings. The Morgan fingerprint density at radius 3 is 2.41 bits per heavy atom. The van der Waals surface area contributed by atoms with Gasteiger partial charge in [-0.2, -0.15) is 0 Å². The number of aliphatic hydroxyl groups excluding tert-OH is 1. The van der Waals surface area contributed by atoms with Gasteiger partial charge in [0.2, 0.25) is 0 Å². The highest BCUT2D eigenvalue weighted by Gasteiger charge is 2.72. The van der Waals surface area contributed by atoms with Crippen LogP contribution in [0.25, 0.3) is 0 Å². The molecule has 0 aromatic carbocycles. The molecule has 0 amide bonds. The van der Waals surface area contributed by atoms with Crippen molar-refractivity contribution in [1.82, 2.24) is 5.16 Å². The molecule has 206 valence electrons. The Kier molecular flexibility index (Phi) is 5.35. The second-order valence-electron chi connectivity index (χ2n) is 16.3. The zero-order chi connectivity index (χ0) is 26.8. The van der Waals surface area contributed by atoms with E-state index in [-0.39, 0.29) is 56.9 Å². The minimum absolute atomic E-state index is 0.00245. The molecular formula is C32H49NO4. The molecule has 0 radical (unpaired) electrons. The highest BCUT2D eigenvalue weighted by Crippen LogP contribution is 2.77. The molecular weight excluding hydrogens is 462 g/mol. The molecule has 5 aliphatic carbocycles. The van der Waals surface area contributed by atoms with Gasteiger partial charge in [0.15, 0.2) is 0 Å². The summed E-state index contributed by atoms with van der Waals surface area (Å²) in [6.07, 6.45) is 11.1. The van der Waals surface area contributed by atoms with Gasteiger partial charge >= 0.3 is 5.97 Å². The summed E-state index contributed by atoms with van der Waals surface area (Å²) in [7, 11) is 0. The standard InChI is InChI=1S/C32H49NO4/c1-27(2)10-12-32(17-24(35)36)13-11-31(7)25(20(32)16-27)21(34)14-23-29(5)15-19-18-33-37-26(19)28(3,4)22(29)8-9-30(23,31)6/h18,20-23,25,34H,8-17H2,1-7H3,(H,35,36)/t20?,21-,22+,23-,25?,29+,30-,31-,32-/m1/s1. The van der Waals surface area contributed by atoms with Gasteiger partial charge in [0.25, 0.3) is 0 Å². The molecule has 37 heavy (non-hydrogen) atoms. The van der Waals surface area contributed by atoms with Crippen LogP contribution in [0.1, 0.15) is 118 Å². The zero-order valence-electron chi connectivity index (χ0n) is 24.2. The number of carboxylic acid groups (broad SMARTS) is 1. The van der Waals surface area contributed by atoms with Crippen LogP contribution in [0.15, 0.2) is 10.7 Å². The number of fused-ring (bicyclic) bond motifs is 8. The van der Waals surface area contributed by atoms with Crippen LogP contribution >= 0.6 is 0 Å². The summed E-state index contributed by atoms with van der Waals surface area (Å²) < 4.78 is 5.83. The lowest BCUT2D eigenvalue weighted by atomic mass is 9.31. The number of rotatable bonds is 2. The second-order valence-corrected chi connectivity index (χ2v) is 16.3. The van der Waals surface area contributed by atoms with Gasteiger partial charge in [-0.15, -0.1) is 0 Å². The SMILES string of the molecule is CC1(C)CC[C@]2(CC(=O)O)CC[C@]3(C)C(C2C1)[C@H](O)C[C@@H]1[C@@]2(C)Cc4cnoc4C(C)(C)[C@@H]2CC[C@]13C. The van der Waals surface area contributed by atoms with Crippen molar-refractivity contribution in [3.8, 4) is 0 Å². The molecule has 2 N–H and O–H groups in total. The topological polar surface area (TPSA) is 83.6 Å². The minimum Gasteiger partial charge on any atom is -0.481 e. The van der Waals surface area contributed by atoms with Crippen LogP contribution in [0.5, 0.6) is 0 Å². The molecule has 1 aromatic heterocycles. The van der Waals surface area contributed by atoms with E-state index in [1.165, 1.54) is 18.4 Å². The molecule has 6 rings (SSSR count). The Bertz CT molecular complexity index is 1110. The lowest BCUT2D eigenvalue weighted by Crippen LogP contribution is -2.69. The number of aliphatic carboxylic acids is 1. The number of nitrogens with zero attached hydrogens (tertiary/aromatic N) is 1. The molecule has 1 heterocycles. The molecule has 9 atom stereocenters. The molecule has 5 heteroatoms. The van der Waals surface area contributed by atoms with Crippen LogP contribution in [0.2, 0.25) is 0 Å². The highest BCUT2D eigenvalue weighted by atomic mass is 16.5. The van der Waals surface area contributed by atoms with Gasteiger partial charge in [0.05, 0.1) is 18.7 Å². The summed E-state index contributed by atoms with van der Waals surface area (Å²) in [4.78, 5) is 12.2. The second kappa shape index (κ2) is 7.64. The molecule has 0 aliphatic heterocycles. The number of hydrogen-bond acceptors (Lipinski definition) is 4. The maximum absolute atomic E-state index is 12.2. The van der Waals surface area contributed by atoms with E-state index in [0.717, 1.165) is 50.7 Å². The number of carbonyl (C=O) groups is 1. The van der Waals surface area contributed by atoms with Crippen molar-refractivity contribution in [3.05, 3.63) is 17.5 Å². The van der Waals surface area contributed by atoms with Crippen molar-refractivity contribution in [3.63, 3.8) is 0 Å². The van der Waals surface area contributed by atoms with Gasteiger partial charge in [0, 0.05) is 11.0 Å². The van der Waals surface area contributed by atoms with Crippen molar-refractivity contribution in [1.29, 1.82) is 0 Å². The summed E-state index contributed by atoms with van der Waals surface area (Å²) in [5.41, 5.74) is 1.41. The molecule has 0 bridgehead atoms. The third-order valence-corrected chi connectivity index (χ3v) is 13.9.